The Hall–Kier alpha value is -1.11. The molecule has 4 aromatic rings. The molecular weight excluding hydrogens is 817 g/mol. The fourth-order valence-electron chi connectivity index (χ4n) is 3.89. The predicted octanol–water partition coefficient (Wildman–Crippen LogP) is 10.1. The molecule has 0 aliphatic rings. The Morgan fingerprint density at radius 3 is 1.41 bits per heavy atom. The molecule has 0 bridgehead atoms. The molecule has 0 spiro atoms. The largest absolute Gasteiger partial charge is 0.421 e. The summed E-state index contributed by atoms with van der Waals surface area (Å²) in [6.07, 6.45) is 0. The molecule has 0 unspecified atom stereocenters. The molecular formula is C31H28I3O2S+. The van der Waals surface area contributed by atoms with E-state index in [1.54, 1.807) is 0 Å². The van der Waals surface area contributed by atoms with E-state index in [-0.39, 0.29) is 16.9 Å². The zero-order valence-corrected chi connectivity index (χ0v) is 28.4. The van der Waals surface area contributed by atoms with Crippen molar-refractivity contribution in [2.45, 2.75) is 54.2 Å². The second-order valence-electron chi connectivity index (χ2n) is 9.37. The summed E-state index contributed by atoms with van der Waals surface area (Å²) in [5.74, 6) is 1.26. The molecule has 0 aliphatic carbocycles. The number of hydrogen-bond acceptors (Lipinski definition) is 2. The summed E-state index contributed by atoms with van der Waals surface area (Å²) in [5, 5.41) is 0. The van der Waals surface area contributed by atoms with Crippen molar-refractivity contribution in [2.75, 3.05) is 0 Å². The van der Waals surface area contributed by atoms with Gasteiger partial charge in [0.05, 0.1) is 23.6 Å². The molecule has 37 heavy (non-hydrogen) atoms. The van der Waals surface area contributed by atoms with E-state index in [2.05, 4.69) is 156 Å². The van der Waals surface area contributed by atoms with E-state index in [0.29, 0.717) is 23.1 Å². The van der Waals surface area contributed by atoms with E-state index in [4.69, 9.17) is 4.74 Å². The first kappa shape index (κ1) is 28.9. The number of esters is 1. The number of carbonyl (C=O) groups is 1. The highest BCUT2D eigenvalue weighted by molar-refractivity contribution is 14.1. The monoisotopic (exact) mass is 845 g/mol. The van der Waals surface area contributed by atoms with Crippen LogP contribution in [0.4, 0.5) is 0 Å². The Morgan fingerprint density at radius 1 is 0.649 bits per heavy atom. The molecule has 0 N–H and O–H groups in total. The van der Waals surface area contributed by atoms with Gasteiger partial charge in [0.15, 0.2) is 20.4 Å². The molecule has 6 heteroatoms. The fourth-order valence-corrected chi connectivity index (χ4v) is 9.74. The predicted molar refractivity (Wildman–Crippen MR) is 179 cm³/mol. The van der Waals surface area contributed by atoms with Gasteiger partial charge in [-0.05, 0) is 151 Å². The third kappa shape index (κ3) is 7.10. The summed E-state index contributed by atoms with van der Waals surface area (Å²) in [6, 6.07) is 29.8. The molecule has 4 rings (SSSR count). The van der Waals surface area contributed by atoms with Gasteiger partial charge in [-0.15, -0.1) is 0 Å². The van der Waals surface area contributed by atoms with Crippen LogP contribution in [0.1, 0.15) is 61.0 Å². The van der Waals surface area contributed by atoms with Crippen LogP contribution in [0.5, 0.6) is 5.75 Å². The Balaban J connectivity index is 1.66. The van der Waals surface area contributed by atoms with Gasteiger partial charge >= 0.3 is 5.97 Å². The first-order valence-electron chi connectivity index (χ1n) is 12.0. The van der Waals surface area contributed by atoms with E-state index >= 15 is 0 Å². The SMILES string of the molecule is CC(C)c1ccc([S+](c2ccc(C(=O)Oc3c(I)cc(I)cc3I)cc2)c2ccc(C(C)C)cc2)cc1. The smallest absolute Gasteiger partial charge is 0.343 e. The van der Waals surface area contributed by atoms with Crippen molar-refractivity contribution in [3.05, 3.63) is 112 Å². The molecule has 0 saturated heterocycles. The van der Waals surface area contributed by atoms with E-state index < -0.39 is 0 Å². The van der Waals surface area contributed by atoms with Gasteiger partial charge in [-0.1, -0.05) is 52.0 Å². The lowest BCUT2D eigenvalue weighted by molar-refractivity contribution is 0.0732. The lowest BCUT2D eigenvalue weighted by atomic mass is 10.0. The third-order valence-electron chi connectivity index (χ3n) is 6.05. The van der Waals surface area contributed by atoms with Crippen LogP contribution >= 0.6 is 67.8 Å². The molecule has 4 aromatic carbocycles. The van der Waals surface area contributed by atoms with Gasteiger partial charge in [0.1, 0.15) is 0 Å². The van der Waals surface area contributed by atoms with E-state index in [0.717, 1.165) is 10.7 Å². The second-order valence-corrected chi connectivity index (χ2v) is 15.0. The number of carbonyl (C=O) groups excluding carboxylic acids is 1. The van der Waals surface area contributed by atoms with Crippen molar-refractivity contribution in [3.8, 4) is 5.75 Å². The summed E-state index contributed by atoms with van der Waals surface area (Å²) in [4.78, 5) is 16.7. The number of rotatable bonds is 7. The van der Waals surface area contributed by atoms with Crippen LogP contribution in [-0.2, 0) is 10.9 Å². The minimum atomic E-state index is -0.342. The number of halogens is 3. The average molecular weight is 845 g/mol. The van der Waals surface area contributed by atoms with Gasteiger partial charge in [0.2, 0.25) is 0 Å². The van der Waals surface area contributed by atoms with Crippen molar-refractivity contribution in [1.82, 2.24) is 0 Å². The van der Waals surface area contributed by atoms with E-state index in [9.17, 15) is 4.79 Å². The van der Waals surface area contributed by atoms with Crippen LogP contribution in [0.15, 0.2) is 99.6 Å². The van der Waals surface area contributed by atoms with Crippen molar-refractivity contribution < 1.29 is 9.53 Å². The second kappa shape index (κ2) is 12.8. The lowest BCUT2D eigenvalue weighted by Crippen LogP contribution is -2.11. The Morgan fingerprint density at radius 2 is 1.03 bits per heavy atom. The first-order chi connectivity index (χ1) is 17.6. The number of hydrogen-bond donors (Lipinski definition) is 0. The summed E-state index contributed by atoms with van der Waals surface area (Å²) in [7, 11) is -0.282. The molecule has 2 nitrogen and oxygen atoms in total. The maximum atomic E-state index is 13.0. The average Bonchev–Trinajstić information content (AvgIpc) is 2.87. The number of benzene rings is 4. The van der Waals surface area contributed by atoms with Crippen molar-refractivity contribution in [1.29, 1.82) is 0 Å². The zero-order chi connectivity index (χ0) is 26.7. The Bertz CT molecular complexity index is 1310. The first-order valence-corrected chi connectivity index (χ1v) is 16.5. The summed E-state index contributed by atoms with van der Waals surface area (Å²) in [6.45, 7) is 8.87. The van der Waals surface area contributed by atoms with Crippen LogP contribution in [0.2, 0.25) is 0 Å². The highest BCUT2D eigenvalue weighted by Crippen LogP contribution is 2.34. The van der Waals surface area contributed by atoms with Gasteiger partial charge in [0.25, 0.3) is 0 Å². The van der Waals surface area contributed by atoms with Crippen LogP contribution in [0.3, 0.4) is 0 Å². The molecule has 0 amide bonds. The van der Waals surface area contributed by atoms with E-state index in [1.165, 1.54) is 25.8 Å². The highest BCUT2D eigenvalue weighted by atomic mass is 127. The minimum absolute atomic E-state index is 0.282. The fraction of sp³-hybridized carbons (Fsp3) is 0.194. The minimum Gasteiger partial charge on any atom is -0.421 e. The van der Waals surface area contributed by atoms with Crippen LogP contribution in [0, 0.1) is 10.7 Å². The number of ether oxygens (including phenoxy) is 1. The van der Waals surface area contributed by atoms with Crippen molar-refractivity contribution >= 4 is 84.6 Å². The third-order valence-corrected chi connectivity index (χ3v) is 10.5. The molecule has 0 atom stereocenters. The highest BCUT2D eigenvalue weighted by Gasteiger charge is 2.29. The van der Waals surface area contributed by atoms with Gasteiger partial charge in [-0.25, -0.2) is 4.79 Å². The maximum absolute atomic E-state index is 13.0. The van der Waals surface area contributed by atoms with Gasteiger partial charge < -0.3 is 4.74 Å². The lowest BCUT2D eigenvalue weighted by Gasteiger charge is -2.12. The summed E-state index contributed by atoms with van der Waals surface area (Å²) in [5.41, 5.74) is 3.21. The van der Waals surface area contributed by atoms with Crippen LogP contribution < -0.4 is 4.74 Å². The summed E-state index contributed by atoms with van der Waals surface area (Å²) >= 11 is 6.71. The van der Waals surface area contributed by atoms with Crippen LogP contribution in [0.25, 0.3) is 0 Å². The molecule has 190 valence electrons. The standard InChI is InChI=1S/C31H28I3O2S/c1-19(2)21-5-11-25(12-6-21)37(26-13-7-22(8-14-26)20(3)4)27-15-9-23(10-16-27)31(35)36-30-28(33)17-24(32)18-29(30)34/h5-20H,1-4H3/q+1. The van der Waals surface area contributed by atoms with Crippen molar-refractivity contribution in [2.24, 2.45) is 0 Å². The molecule has 0 aliphatic heterocycles. The maximum Gasteiger partial charge on any atom is 0.343 e. The van der Waals surface area contributed by atoms with E-state index in [1.807, 2.05) is 24.3 Å². The Kier molecular flexibility index (Phi) is 10.0. The molecule has 0 radical (unpaired) electrons. The normalized spacial score (nSPS) is 11.4. The molecule has 0 heterocycles. The summed E-state index contributed by atoms with van der Waals surface area (Å²) < 4.78 is 8.77. The molecule has 0 aromatic heterocycles. The van der Waals surface area contributed by atoms with Crippen molar-refractivity contribution in [3.63, 3.8) is 0 Å². The van der Waals surface area contributed by atoms with Gasteiger partial charge in [0, 0.05) is 3.57 Å². The van der Waals surface area contributed by atoms with Gasteiger partial charge in [-0.2, -0.15) is 0 Å². The molecule has 0 fully saturated rings. The molecule has 0 saturated carbocycles. The quantitative estimate of drug-likeness (QED) is 0.0802. The topological polar surface area (TPSA) is 26.3 Å². The van der Waals surface area contributed by atoms with Crippen LogP contribution in [-0.4, -0.2) is 5.97 Å². The zero-order valence-electron chi connectivity index (χ0n) is 21.1. The van der Waals surface area contributed by atoms with Gasteiger partial charge in [-0.3, -0.25) is 0 Å². The Labute approximate surface area is 263 Å².